The van der Waals surface area contributed by atoms with Gasteiger partial charge in [0, 0.05) is 11.5 Å². The van der Waals surface area contributed by atoms with Gasteiger partial charge in [-0.3, -0.25) is 9.10 Å². The molecule has 0 N–H and O–H groups in total. The van der Waals surface area contributed by atoms with Gasteiger partial charge in [0.2, 0.25) is 0 Å². The molecule has 4 aliphatic carbocycles. The molecule has 1 heterocycles. The largest absolute Gasteiger partial charge is 0.454 e. The number of carbonyl (C=O) groups is 2. The van der Waals surface area contributed by atoms with Crippen molar-refractivity contribution in [3.05, 3.63) is 59.7 Å². The van der Waals surface area contributed by atoms with Gasteiger partial charge in [-0.25, -0.2) is 13.2 Å². The van der Waals surface area contributed by atoms with Crippen LogP contribution in [0.3, 0.4) is 0 Å². The quantitative estimate of drug-likeness (QED) is 0.542. The van der Waals surface area contributed by atoms with E-state index in [4.69, 9.17) is 4.74 Å². The number of fused-ring (bicyclic) bond motifs is 1. The molecule has 0 spiro atoms. The van der Waals surface area contributed by atoms with E-state index < -0.39 is 16.0 Å². The Bertz CT molecular complexity index is 1260. The van der Waals surface area contributed by atoms with E-state index in [0.29, 0.717) is 29.9 Å². The van der Waals surface area contributed by atoms with Crippen LogP contribution in [0.1, 0.15) is 61.4 Å². The van der Waals surface area contributed by atoms with E-state index >= 15 is 0 Å². The van der Waals surface area contributed by atoms with Crippen molar-refractivity contribution < 1.29 is 22.7 Å². The number of nitrogens with zero attached hydrogens (tertiary/aromatic N) is 1. The molecular weight excluding hydrogens is 462 g/mol. The van der Waals surface area contributed by atoms with Crippen LogP contribution in [0.4, 0.5) is 5.69 Å². The summed E-state index contributed by atoms with van der Waals surface area (Å²) in [4.78, 5) is 26.1. The van der Waals surface area contributed by atoms with E-state index in [-0.39, 0.29) is 34.3 Å². The van der Waals surface area contributed by atoms with Crippen LogP contribution in [0.5, 0.6) is 0 Å². The molecule has 4 bridgehead atoms. The monoisotopic (exact) mass is 493 g/mol. The molecule has 1 atom stereocenters. The van der Waals surface area contributed by atoms with Crippen LogP contribution in [0, 0.1) is 23.2 Å². The predicted octanol–water partition coefficient (Wildman–Crippen LogP) is 4.77. The molecule has 5 aliphatic rings. The van der Waals surface area contributed by atoms with E-state index in [1.807, 2.05) is 31.2 Å². The number of Topliss-reactive ketones (excluding diaryl/α,β-unsaturated/α-hetero) is 1. The number of carbonyl (C=O) groups excluding carboxylic acids is 2. The number of esters is 1. The highest BCUT2D eigenvalue weighted by Gasteiger charge is 2.54. The van der Waals surface area contributed by atoms with Crippen LogP contribution in [0.2, 0.25) is 0 Å². The van der Waals surface area contributed by atoms with Gasteiger partial charge in [-0.05, 0) is 99.5 Å². The molecule has 7 heteroatoms. The molecule has 0 amide bonds. The zero-order valence-electron chi connectivity index (χ0n) is 20.0. The highest BCUT2D eigenvalue weighted by Crippen LogP contribution is 2.60. The third-order valence-electron chi connectivity index (χ3n) is 8.74. The molecule has 1 unspecified atom stereocenters. The number of anilines is 1. The van der Waals surface area contributed by atoms with Crippen molar-refractivity contribution in [2.45, 2.75) is 62.8 Å². The Kier molecular flexibility index (Phi) is 5.33. The zero-order chi connectivity index (χ0) is 24.4. The number of hydrogen-bond donors (Lipinski definition) is 0. The normalized spacial score (nSPS) is 30.8. The molecule has 4 saturated carbocycles. The first-order valence-corrected chi connectivity index (χ1v) is 14.1. The van der Waals surface area contributed by atoms with Crippen LogP contribution in [0.15, 0.2) is 53.4 Å². The van der Waals surface area contributed by atoms with Crippen LogP contribution >= 0.6 is 0 Å². The Morgan fingerprint density at radius 2 is 1.63 bits per heavy atom. The highest BCUT2D eigenvalue weighted by molar-refractivity contribution is 7.92. The fourth-order valence-electron chi connectivity index (χ4n) is 7.62. The average molecular weight is 494 g/mol. The summed E-state index contributed by atoms with van der Waals surface area (Å²) in [6.45, 7) is 1.64. The molecule has 1 aliphatic heterocycles. The molecule has 35 heavy (non-hydrogen) atoms. The number of hydrogen-bond acceptors (Lipinski definition) is 5. The molecule has 2 aromatic rings. The van der Waals surface area contributed by atoms with E-state index in [2.05, 4.69) is 0 Å². The second kappa shape index (κ2) is 8.19. The van der Waals surface area contributed by atoms with Crippen molar-refractivity contribution in [1.82, 2.24) is 0 Å². The van der Waals surface area contributed by atoms with Crippen molar-refractivity contribution in [1.29, 1.82) is 0 Å². The van der Waals surface area contributed by atoms with Crippen molar-refractivity contribution in [3.8, 4) is 0 Å². The van der Waals surface area contributed by atoms with E-state index in [1.54, 1.807) is 6.07 Å². The van der Waals surface area contributed by atoms with Gasteiger partial charge < -0.3 is 4.74 Å². The molecule has 0 saturated heterocycles. The average Bonchev–Trinajstić information content (AvgIpc) is 3.18. The first-order chi connectivity index (χ1) is 16.7. The topological polar surface area (TPSA) is 80.8 Å². The summed E-state index contributed by atoms with van der Waals surface area (Å²) in [5.74, 6) is 1.30. The first-order valence-electron chi connectivity index (χ1n) is 12.7. The highest BCUT2D eigenvalue weighted by atomic mass is 32.2. The van der Waals surface area contributed by atoms with Gasteiger partial charge in [0.25, 0.3) is 10.0 Å². The second-order valence-corrected chi connectivity index (χ2v) is 13.0. The second-order valence-electron chi connectivity index (χ2n) is 11.2. The predicted molar refractivity (Wildman–Crippen MR) is 132 cm³/mol. The van der Waals surface area contributed by atoms with E-state index in [1.165, 1.54) is 41.8 Å². The van der Waals surface area contributed by atoms with Crippen LogP contribution in [0.25, 0.3) is 0 Å². The lowest BCUT2D eigenvalue weighted by Crippen LogP contribution is -2.51. The van der Waals surface area contributed by atoms with Crippen molar-refractivity contribution in [2.24, 2.45) is 23.2 Å². The summed E-state index contributed by atoms with van der Waals surface area (Å²) in [7, 11) is -3.86. The lowest BCUT2D eigenvalue weighted by molar-refractivity contribution is -0.147. The number of ketones is 1. The minimum Gasteiger partial charge on any atom is -0.454 e. The Hall–Kier alpha value is -2.67. The number of ether oxygens (including phenoxy) is 1. The smallest absolute Gasteiger partial charge is 0.338 e. The van der Waals surface area contributed by atoms with Gasteiger partial charge in [-0.2, -0.15) is 0 Å². The lowest BCUT2D eigenvalue weighted by Gasteiger charge is -2.55. The maximum atomic E-state index is 13.5. The minimum absolute atomic E-state index is 0.0382. The van der Waals surface area contributed by atoms with Gasteiger partial charge in [0.15, 0.2) is 12.4 Å². The summed E-state index contributed by atoms with van der Waals surface area (Å²) in [5.41, 5.74) is 1.49. The molecule has 4 fully saturated rings. The molecule has 6 nitrogen and oxygen atoms in total. The summed E-state index contributed by atoms with van der Waals surface area (Å²) in [6, 6.07) is 13.2. The molecule has 7 rings (SSSR count). The van der Waals surface area contributed by atoms with Crippen LogP contribution < -0.4 is 4.31 Å². The first kappa shape index (κ1) is 22.8. The van der Waals surface area contributed by atoms with Gasteiger partial charge in [0.05, 0.1) is 16.1 Å². The molecular formula is C28H31NO5S. The number of rotatable bonds is 6. The van der Waals surface area contributed by atoms with Gasteiger partial charge >= 0.3 is 5.97 Å². The fraction of sp³-hybridized carbons (Fsp3) is 0.500. The Morgan fingerprint density at radius 1 is 0.971 bits per heavy atom. The van der Waals surface area contributed by atoms with Crippen LogP contribution in [-0.4, -0.2) is 32.8 Å². The van der Waals surface area contributed by atoms with E-state index in [0.717, 1.165) is 24.8 Å². The standard InChI is InChI=1S/C28H31NO5S/c1-18-9-22-5-2-3-8-25(22)29(18)35(32,33)24-7-4-6-23(13-24)27(31)34-17-26(30)28-14-19-10-20(15-28)12-21(11-19)16-28/h2-8,13,18-21H,9-12,14-17H2,1H3. The molecule has 184 valence electrons. The minimum atomic E-state index is -3.86. The van der Waals surface area contributed by atoms with Gasteiger partial charge in [-0.15, -0.1) is 0 Å². The van der Waals surface area contributed by atoms with Crippen molar-refractivity contribution in [3.63, 3.8) is 0 Å². The third-order valence-corrected chi connectivity index (χ3v) is 10.7. The summed E-state index contributed by atoms with van der Waals surface area (Å²) < 4.78 is 33.9. The lowest BCUT2D eigenvalue weighted by atomic mass is 9.48. The van der Waals surface area contributed by atoms with Crippen molar-refractivity contribution >= 4 is 27.5 Å². The van der Waals surface area contributed by atoms with Crippen LogP contribution in [-0.2, 0) is 26.0 Å². The summed E-state index contributed by atoms with van der Waals surface area (Å²) >= 11 is 0. The molecule has 0 radical (unpaired) electrons. The maximum Gasteiger partial charge on any atom is 0.338 e. The number of benzene rings is 2. The summed E-state index contributed by atoms with van der Waals surface area (Å²) in [6.07, 6.45) is 7.16. The number of para-hydroxylation sites is 1. The zero-order valence-corrected chi connectivity index (χ0v) is 20.8. The molecule has 0 aromatic heterocycles. The summed E-state index contributed by atoms with van der Waals surface area (Å²) in [5, 5.41) is 0. The Labute approximate surface area is 206 Å². The van der Waals surface area contributed by atoms with Crippen molar-refractivity contribution in [2.75, 3.05) is 10.9 Å². The molecule has 2 aromatic carbocycles. The Morgan fingerprint density at radius 3 is 2.31 bits per heavy atom. The fourth-order valence-corrected chi connectivity index (χ4v) is 9.36. The van der Waals surface area contributed by atoms with E-state index in [9.17, 15) is 18.0 Å². The number of sulfonamides is 1. The van der Waals surface area contributed by atoms with Gasteiger partial charge in [-0.1, -0.05) is 24.3 Å². The third kappa shape index (κ3) is 3.79. The SMILES string of the molecule is CC1Cc2ccccc2N1S(=O)(=O)c1cccc(C(=O)OCC(=O)C23CC4CC(CC(C4)C2)C3)c1. The maximum absolute atomic E-state index is 13.5. The van der Waals surface area contributed by atoms with Gasteiger partial charge in [0.1, 0.15) is 0 Å². The Balaban J connectivity index is 1.18.